The van der Waals surface area contributed by atoms with E-state index in [0.717, 1.165) is 25.7 Å². The molecule has 4 nitrogen and oxygen atoms in total. The minimum Gasteiger partial charge on any atom is -0.462 e. The smallest absolute Gasteiger partial charge is 0.326 e. The molecule has 1 saturated carbocycles. The van der Waals surface area contributed by atoms with Gasteiger partial charge in [0.05, 0.1) is 12.2 Å². The van der Waals surface area contributed by atoms with Gasteiger partial charge in [-0.15, -0.1) is 0 Å². The average Bonchev–Trinajstić information content (AvgIpc) is 2.27. The highest BCUT2D eigenvalue weighted by Gasteiger charge is 2.42. The summed E-state index contributed by atoms with van der Waals surface area (Å²) in [5.74, 6) is -0.0745. The zero-order valence-electron chi connectivity index (χ0n) is 12.1. The Balaban J connectivity index is 2.36. The van der Waals surface area contributed by atoms with Crippen LogP contribution < -0.4 is 5.73 Å². The van der Waals surface area contributed by atoms with Gasteiger partial charge in [-0.05, 0) is 39.5 Å². The summed E-state index contributed by atoms with van der Waals surface area (Å²) < 4.78 is 10.8. The van der Waals surface area contributed by atoms with E-state index in [0.29, 0.717) is 6.61 Å². The van der Waals surface area contributed by atoms with Crippen molar-refractivity contribution in [3.8, 4) is 0 Å². The minimum absolute atomic E-state index is 0.197. The summed E-state index contributed by atoms with van der Waals surface area (Å²) in [6, 6.07) is 0. The third-order valence-electron chi connectivity index (χ3n) is 3.59. The van der Waals surface area contributed by atoms with Crippen molar-refractivity contribution in [1.29, 1.82) is 0 Å². The average molecular weight is 257 g/mol. The molecule has 1 aliphatic carbocycles. The van der Waals surface area contributed by atoms with Crippen molar-refractivity contribution >= 4 is 5.97 Å². The summed E-state index contributed by atoms with van der Waals surface area (Å²) in [5.41, 5.74) is 5.20. The van der Waals surface area contributed by atoms with Crippen molar-refractivity contribution < 1.29 is 14.3 Å². The number of ether oxygens (including phenoxy) is 2. The Hall–Kier alpha value is -0.610. The third kappa shape index (κ3) is 4.25. The van der Waals surface area contributed by atoms with Crippen molar-refractivity contribution in [1.82, 2.24) is 0 Å². The molecule has 0 aromatic rings. The van der Waals surface area contributed by atoms with E-state index in [9.17, 15) is 4.79 Å². The maximum atomic E-state index is 12.1. The van der Waals surface area contributed by atoms with Crippen molar-refractivity contribution in [3.05, 3.63) is 0 Å². The minimum atomic E-state index is -0.792. The Morgan fingerprint density at radius 2 is 2.00 bits per heavy atom. The second-order valence-corrected chi connectivity index (χ2v) is 6.28. The topological polar surface area (TPSA) is 61.6 Å². The van der Waals surface area contributed by atoms with E-state index in [1.165, 1.54) is 0 Å². The van der Waals surface area contributed by atoms with Crippen molar-refractivity contribution in [2.45, 2.75) is 64.5 Å². The molecule has 2 atom stereocenters. The summed E-state index contributed by atoms with van der Waals surface area (Å²) in [5, 5.41) is 0. The third-order valence-corrected chi connectivity index (χ3v) is 3.59. The second-order valence-electron chi connectivity index (χ2n) is 6.28. The highest BCUT2D eigenvalue weighted by molar-refractivity contribution is 5.81. The van der Waals surface area contributed by atoms with E-state index in [-0.39, 0.29) is 24.1 Å². The van der Waals surface area contributed by atoms with Crippen molar-refractivity contribution in [3.63, 3.8) is 0 Å². The van der Waals surface area contributed by atoms with Gasteiger partial charge in [-0.3, -0.25) is 4.79 Å². The molecular formula is C14H27NO3. The molecule has 0 saturated heterocycles. The van der Waals surface area contributed by atoms with Crippen LogP contribution in [0.2, 0.25) is 0 Å². The fourth-order valence-corrected chi connectivity index (χ4v) is 2.29. The Bertz CT molecular complexity index is 285. The van der Waals surface area contributed by atoms with Crippen LogP contribution in [0.15, 0.2) is 0 Å². The van der Waals surface area contributed by atoms with Crippen LogP contribution in [0.25, 0.3) is 0 Å². The number of hydrogen-bond acceptors (Lipinski definition) is 4. The van der Waals surface area contributed by atoms with Crippen molar-refractivity contribution in [2.24, 2.45) is 11.7 Å². The number of carbonyl (C=O) groups is 1. The summed E-state index contributed by atoms with van der Waals surface area (Å²) in [7, 11) is 0. The predicted molar refractivity (Wildman–Crippen MR) is 71.2 cm³/mol. The molecule has 0 spiro atoms. The van der Waals surface area contributed by atoms with Gasteiger partial charge in [-0.2, -0.15) is 0 Å². The molecule has 2 N–H and O–H groups in total. The molecule has 106 valence electrons. The highest BCUT2D eigenvalue weighted by Crippen LogP contribution is 2.32. The lowest BCUT2D eigenvalue weighted by molar-refractivity contribution is -0.156. The standard InChI is InChI=1S/C14H27NO3/c1-11-7-5-6-8-14(11,15)12(16)17-9-10-18-13(2,3)4/h11H,5-10,15H2,1-4H3. The lowest BCUT2D eigenvalue weighted by Crippen LogP contribution is -2.55. The van der Waals surface area contributed by atoms with Gasteiger partial charge in [0.2, 0.25) is 0 Å². The molecule has 0 aromatic heterocycles. The number of carbonyl (C=O) groups excluding carboxylic acids is 1. The van der Waals surface area contributed by atoms with E-state index >= 15 is 0 Å². The van der Waals surface area contributed by atoms with E-state index < -0.39 is 5.54 Å². The molecule has 0 amide bonds. The van der Waals surface area contributed by atoms with Gasteiger partial charge in [0.25, 0.3) is 0 Å². The monoisotopic (exact) mass is 257 g/mol. The van der Waals surface area contributed by atoms with E-state index in [1.807, 2.05) is 27.7 Å². The molecule has 0 radical (unpaired) electrons. The van der Waals surface area contributed by atoms with Crippen LogP contribution in [0.3, 0.4) is 0 Å². The first-order valence-electron chi connectivity index (χ1n) is 6.86. The molecule has 0 bridgehead atoms. The molecule has 2 unspecified atom stereocenters. The first-order valence-corrected chi connectivity index (χ1v) is 6.86. The van der Waals surface area contributed by atoms with Gasteiger partial charge in [-0.25, -0.2) is 0 Å². The van der Waals surface area contributed by atoms with Crippen molar-refractivity contribution in [2.75, 3.05) is 13.2 Å². The number of esters is 1. The van der Waals surface area contributed by atoms with Crippen LogP contribution in [0.5, 0.6) is 0 Å². The van der Waals surface area contributed by atoms with Gasteiger partial charge < -0.3 is 15.2 Å². The number of nitrogens with two attached hydrogens (primary N) is 1. The van der Waals surface area contributed by atoms with Crippen LogP contribution >= 0.6 is 0 Å². The van der Waals surface area contributed by atoms with Gasteiger partial charge >= 0.3 is 5.97 Å². The van der Waals surface area contributed by atoms with E-state index in [2.05, 4.69) is 0 Å². The lowest BCUT2D eigenvalue weighted by atomic mass is 9.74. The van der Waals surface area contributed by atoms with Crippen LogP contribution in [0.4, 0.5) is 0 Å². The molecule has 0 heterocycles. The van der Waals surface area contributed by atoms with Gasteiger partial charge in [0.15, 0.2) is 0 Å². The second kappa shape index (κ2) is 6.02. The number of rotatable bonds is 4. The summed E-state index contributed by atoms with van der Waals surface area (Å²) in [6.07, 6.45) is 3.90. The van der Waals surface area contributed by atoms with Crippen LogP contribution in [0.1, 0.15) is 53.4 Å². The molecule has 1 fully saturated rings. The zero-order valence-corrected chi connectivity index (χ0v) is 12.1. The maximum absolute atomic E-state index is 12.1. The van der Waals surface area contributed by atoms with Gasteiger partial charge in [0, 0.05) is 0 Å². The molecular weight excluding hydrogens is 230 g/mol. The first-order chi connectivity index (χ1) is 8.26. The first kappa shape index (κ1) is 15.4. The molecule has 4 heteroatoms. The molecule has 1 aliphatic rings. The summed E-state index contributed by atoms with van der Waals surface area (Å²) in [6.45, 7) is 8.65. The van der Waals surface area contributed by atoms with Crippen LogP contribution in [-0.4, -0.2) is 30.3 Å². The van der Waals surface area contributed by atoms with E-state index in [1.54, 1.807) is 0 Å². The maximum Gasteiger partial charge on any atom is 0.326 e. The van der Waals surface area contributed by atoms with Crippen LogP contribution in [-0.2, 0) is 14.3 Å². The molecule has 0 aliphatic heterocycles. The predicted octanol–water partition coefficient (Wildman–Crippen LogP) is 2.25. The normalized spacial score (nSPS) is 29.1. The van der Waals surface area contributed by atoms with E-state index in [4.69, 9.17) is 15.2 Å². The van der Waals surface area contributed by atoms with Gasteiger partial charge in [0.1, 0.15) is 12.1 Å². The molecule has 0 aromatic carbocycles. The lowest BCUT2D eigenvalue weighted by Gasteiger charge is -2.36. The molecule has 18 heavy (non-hydrogen) atoms. The fourth-order valence-electron chi connectivity index (χ4n) is 2.29. The Kier molecular flexibility index (Phi) is 5.17. The Morgan fingerprint density at radius 3 is 2.56 bits per heavy atom. The quantitative estimate of drug-likeness (QED) is 0.620. The largest absolute Gasteiger partial charge is 0.462 e. The zero-order chi connectivity index (χ0) is 13.8. The van der Waals surface area contributed by atoms with Gasteiger partial charge in [-0.1, -0.05) is 19.8 Å². The fraction of sp³-hybridized carbons (Fsp3) is 0.929. The SMILES string of the molecule is CC1CCCCC1(N)C(=O)OCCOC(C)(C)C. The Labute approximate surface area is 110 Å². The summed E-state index contributed by atoms with van der Waals surface area (Å²) in [4.78, 5) is 12.1. The van der Waals surface area contributed by atoms with Crippen LogP contribution in [0, 0.1) is 5.92 Å². The Morgan fingerprint density at radius 1 is 1.33 bits per heavy atom. The number of hydrogen-bond donors (Lipinski definition) is 1. The highest BCUT2D eigenvalue weighted by atomic mass is 16.6. The molecule has 1 rings (SSSR count). The summed E-state index contributed by atoms with van der Waals surface area (Å²) >= 11 is 0.